The summed E-state index contributed by atoms with van der Waals surface area (Å²) in [6.45, 7) is 7.12. The lowest BCUT2D eigenvalue weighted by molar-refractivity contribution is -0.120. The Hall–Kier alpha value is -3.66. The molecule has 0 fully saturated rings. The largest absolute Gasteiger partial charge is 0.350 e. The summed E-state index contributed by atoms with van der Waals surface area (Å²) in [4.78, 5) is 33.1. The van der Waals surface area contributed by atoms with Gasteiger partial charge >= 0.3 is 0 Å². The molecule has 2 aromatic carbocycles. The van der Waals surface area contributed by atoms with E-state index in [4.69, 9.17) is 0 Å². The number of carbonyl (C=O) groups is 2. The lowest BCUT2D eigenvalue weighted by Gasteiger charge is -2.22. The van der Waals surface area contributed by atoms with Gasteiger partial charge in [-0.05, 0) is 18.4 Å². The number of hydrogen-bond acceptors (Lipinski definition) is 5. The maximum atomic E-state index is 13.9. The molecule has 4 rings (SSSR count). The summed E-state index contributed by atoms with van der Waals surface area (Å²) in [6.07, 6.45) is 1.42. The van der Waals surface area contributed by atoms with Gasteiger partial charge in [-0.15, -0.1) is 11.3 Å². The van der Waals surface area contributed by atoms with E-state index in [9.17, 15) is 18.4 Å². The van der Waals surface area contributed by atoms with Gasteiger partial charge in [0.25, 0.3) is 0 Å². The summed E-state index contributed by atoms with van der Waals surface area (Å²) in [6, 6.07) is 8.94. The number of rotatable bonds is 7. The molecule has 0 saturated heterocycles. The molecule has 0 aliphatic rings. The third-order valence-electron chi connectivity index (χ3n) is 5.68. The zero-order valence-electron chi connectivity index (χ0n) is 19.7. The van der Waals surface area contributed by atoms with Crippen LogP contribution in [0.1, 0.15) is 45.3 Å². The number of carbonyl (C=O) groups excluding carboxylic acids is 2. The van der Waals surface area contributed by atoms with Gasteiger partial charge in [-0.25, -0.2) is 18.7 Å². The highest BCUT2D eigenvalue weighted by Gasteiger charge is 2.27. The molecule has 4 aromatic rings. The van der Waals surface area contributed by atoms with E-state index in [1.165, 1.54) is 24.6 Å². The SMILES string of the molecule is CC(=O)NC(C)c1ccc(-c2csc(NC(=O)C(C(C)C)n3cnc4cc(F)c(F)cc43)n2)cc1. The number of aromatic nitrogens is 3. The van der Waals surface area contributed by atoms with Crippen molar-refractivity contribution in [2.75, 3.05) is 5.32 Å². The molecule has 7 nitrogen and oxygen atoms in total. The zero-order valence-corrected chi connectivity index (χ0v) is 20.5. The van der Waals surface area contributed by atoms with Gasteiger partial charge in [0.1, 0.15) is 6.04 Å². The molecule has 0 bridgehead atoms. The second-order valence-corrected chi connectivity index (χ2v) is 9.53. The number of halogens is 2. The third kappa shape index (κ3) is 5.22. The van der Waals surface area contributed by atoms with Crippen molar-refractivity contribution < 1.29 is 18.4 Å². The predicted octanol–water partition coefficient (Wildman–Crippen LogP) is 5.47. The summed E-state index contributed by atoms with van der Waals surface area (Å²) in [5, 5.41) is 7.96. The maximum absolute atomic E-state index is 13.9. The van der Waals surface area contributed by atoms with Crippen LogP contribution in [0.2, 0.25) is 0 Å². The first-order valence-corrected chi connectivity index (χ1v) is 12.0. The summed E-state index contributed by atoms with van der Waals surface area (Å²) in [5.41, 5.74) is 3.16. The van der Waals surface area contributed by atoms with Crippen LogP contribution in [0.3, 0.4) is 0 Å². The first-order chi connectivity index (χ1) is 16.6. The van der Waals surface area contributed by atoms with Crippen LogP contribution in [0, 0.1) is 17.6 Å². The summed E-state index contributed by atoms with van der Waals surface area (Å²) in [7, 11) is 0. The molecule has 2 amide bonds. The van der Waals surface area contributed by atoms with Crippen molar-refractivity contribution in [2.45, 2.75) is 39.8 Å². The molecular formula is C25H25F2N5O2S. The predicted molar refractivity (Wildman–Crippen MR) is 132 cm³/mol. The van der Waals surface area contributed by atoms with Gasteiger partial charge in [0.2, 0.25) is 11.8 Å². The smallest absolute Gasteiger partial charge is 0.249 e. The van der Waals surface area contributed by atoms with Gasteiger partial charge in [0, 0.05) is 30.0 Å². The molecule has 35 heavy (non-hydrogen) atoms. The summed E-state index contributed by atoms with van der Waals surface area (Å²) < 4.78 is 29.0. The van der Waals surface area contributed by atoms with E-state index in [1.54, 1.807) is 4.57 Å². The lowest BCUT2D eigenvalue weighted by Crippen LogP contribution is -2.29. The van der Waals surface area contributed by atoms with Crippen LogP contribution in [0.25, 0.3) is 22.3 Å². The molecule has 0 aliphatic heterocycles. The molecule has 2 atom stereocenters. The fourth-order valence-electron chi connectivity index (χ4n) is 3.97. The highest BCUT2D eigenvalue weighted by atomic mass is 32.1. The Labute approximate surface area is 205 Å². The number of imidazole rings is 1. The molecule has 10 heteroatoms. The van der Waals surface area contributed by atoms with Gasteiger partial charge < -0.3 is 15.2 Å². The molecule has 0 saturated carbocycles. The topological polar surface area (TPSA) is 88.9 Å². The molecule has 0 aliphatic carbocycles. The van der Waals surface area contributed by atoms with Gasteiger partial charge in [-0.1, -0.05) is 38.1 Å². The van der Waals surface area contributed by atoms with Crippen LogP contribution in [0.4, 0.5) is 13.9 Å². The van der Waals surface area contributed by atoms with Crippen LogP contribution >= 0.6 is 11.3 Å². The van der Waals surface area contributed by atoms with Gasteiger partial charge in [-0.2, -0.15) is 0 Å². The number of anilines is 1. The number of nitrogens with one attached hydrogen (secondary N) is 2. The second kappa shape index (κ2) is 9.91. The summed E-state index contributed by atoms with van der Waals surface area (Å²) >= 11 is 1.29. The number of thiazole rings is 1. The van der Waals surface area contributed by atoms with E-state index in [-0.39, 0.29) is 29.3 Å². The Balaban J connectivity index is 1.53. The highest BCUT2D eigenvalue weighted by Crippen LogP contribution is 2.29. The molecule has 0 spiro atoms. The Morgan fingerprint density at radius 2 is 1.74 bits per heavy atom. The standard InChI is InChI=1S/C25H25F2N5O2S/c1-13(2)23(32-12-28-20-9-18(26)19(27)10-22(20)32)24(34)31-25-30-21(11-35-25)17-7-5-16(6-8-17)14(3)29-15(4)33/h5-14,23H,1-4H3,(H,29,33)(H,30,31,34). The van der Waals surface area contributed by atoms with Crippen LogP contribution in [-0.4, -0.2) is 26.3 Å². The van der Waals surface area contributed by atoms with Crippen LogP contribution in [0.5, 0.6) is 0 Å². The van der Waals surface area contributed by atoms with Gasteiger partial charge in [0.05, 0.1) is 29.1 Å². The van der Waals surface area contributed by atoms with Crippen molar-refractivity contribution in [3.05, 3.63) is 65.3 Å². The normalized spacial score (nSPS) is 13.1. The second-order valence-electron chi connectivity index (χ2n) is 8.67. The van der Waals surface area contributed by atoms with E-state index < -0.39 is 17.7 Å². The van der Waals surface area contributed by atoms with E-state index in [2.05, 4.69) is 20.6 Å². The number of fused-ring (bicyclic) bond motifs is 1. The average Bonchev–Trinajstić information content (AvgIpc) is 3.41. The van der Waals surface area contributed by atoms with Crippen LogP contribution < -0.4 is 10.6 Å². The van der Waals surface area contributed by atoms with E-state index in [0.29, 0.717) is 16.3 Å². The maximum Gasteiger partial charge on any atom is 0.249 e. The molecular weight excluding hydrogens is 472 g/mol. The zero-order chi connectivity index (χ0) is 25.3. The van der Waals surface area contributed by atoms with Crippen molar-refractivity contribution in [2.24, 2.45) is 5.92 Å². The Kier molecular flexibility index (Phi) is 6.93. The van der Waals surface area contributed by atoms with E-state index in [1.807, 2.05) is 50.4 Å². The molecule has 2 N–H and O–H groups in total. The van der Waals surface area contributed by atoms with Gasteiger partial charge in [0.15, 0.2) is 16.8 Å². The van der Waals surface area contributed by atoms with Gasteiger partial charge in [-0.3, -0.25) is 9.59 Å². The Morgan fingerprint density at radius 3 is 2.40 bits per heavy atom. The number of nitrogens with zero attached hydrogens (tertiary/aromatic N) is 3. The number of benzene rings is 2. The van der Waals surface area contributed by atoms with E-state index >= 15 is 0 Å². The Bertz CT molecular complexity index is 1380. The molecule has 2 unspecified atom stereocenters. The number of hydrogen-bond donors (Lipinski definition) is 2. The van der Waals surface area contributed by atoms with Crippen LogP contribution in [-0.2, 0) is 9.59 Å². The van der Waals surface area contributed by atoms with Crippen molar-refractivity contribution >= 4 is 39.3 Å². The highest BCUT2D eigenvalue weighted by molar-refractivity contribution is 7.14. The third-order valence-corrected chi connectivity index (χ3v) is 6.43. The molecule has 0 radical (unpaired) electrons. The minimum atomic E-state index is -0.996. The van der Waals surface area contributed by atoms with Crippen LogP contribution in [0.15, 0.2) is 48.1 Å². The first kappa shape index (κ1) is 24.5. The quantitative estimate of drug-likeness (QED) is 0.354. The van der Waals surface area contributed by atoms with Crippen molar-refractivity contribution in [3.8, 4) is 11.3 Å². The molecule has 2 aromatic heterocycles. The Morgan fingerprint density at radius 1 is 1.06 bits per heavy atom. The van der Waals surface area contributed by atoms with Crippen molar-refractivity contribution in [1.82, 2.24) is 19.9 Å². The lowest BCUT2D eigenvalue weighted by atomic mass is 10.0. The minimum Gasteiger partial charge on any atom is -0.350 e. The monoisotopic (exact) mass is 497 g/mol. The van der Waals surface area contributed by atoms with Crippen molar-refractivity contribution in [1.29, 1.82) is 0 Å². The molecule has 182 valence electrons. The average molecular weight is 498 g/mol. The molecule has 2 heterocycles. The first-order valence-electron chi connectivity index (χ1n) is 11.1. The number of amides is 2. The fraction of sp³-hybridized carbons (Fsp3) is 0.280. The minimum absolute atomic E-state index is 0.0952. The fourth-order valence-corrected chi connectivity index (χ4v) is 4.69. The van der Waals surface area contributed by atoms with Crippen molar-refractivity contribution in [3.63, 3.8) is 0 Å². The summed E-state index contributed by atoms with van der Waals surface area (Å²) in [5.74, 6) is -2.56. The van der Waals surface area contributed by atoms with E-state index in [0.717, 1.165) is 23.3 Å².